The molecule has 0 bridgehead atoms. The number of amides is 1. The van der Waals surface area contributed by atoms with E-state index >= 15 is 0 Å². The van der Waals surface area contributed by atoms with Gasteiger partial charge in [0.1, 0.15) is 5.15 Å². The molecular weight excluding hydrogens is 261 g/mol. The Morgan fingerprint density at radius 2 is 2.18 bits per heavy atom. The van der Waals surface area contributed by atoms with Crippen LogP contribution in [0.15, 0.2) is 6.07 Å². The third-order valence-corrected chi connectivity index (χ3v) is 2.65. The molecule has 4 nitrogen and oxygen atoms in total. The molecular formula is C11H15Cl2N3O. The molecule has 0 saturated carbocycles. The molecule has 0 aromatic carbocycles. The van der Waals surface area contributed by atoms with E-state index in [4.69, 9.17) is 23.2 Å². The minimum atomic E-state index is -0.0972. The lowest BCUT2D eigenvalue weighted by atomic mass is 10.2. The van der Waals surface area contributed by atoms with Crippen molar-refractivity contribution in [3.05, 3.63) is 21.9 Å². The fraction of sp³-hybridized carbons (Fsp3) is 0.455. The molecule has 1 rings (SSSR count). The monoisotopic (exact) mass is 275 g/mol. The molecule has 17 heavy (non-hydrogen) atoms. The summed E-state index contributed by atoms with van der Waals surface area (Å²) in [4.78, 5) is 15.5. The Morgan fingerprint density at radius 1 is 1.47 bits per heavy atom. The maximum atomic E-state index is 11.6. The first-order valence-electron chi connectivity index (χ1n) is 5.37. The van der Waals surface area contributed by atoms with E-state index in [0.717, 1.165) is 12.1 Å². The van der Waals surface area contributed by atoms with Gasteiger partial charge >= 0.3 is 0 Å². The number of carbonyl (C=O) groups excluding carboxylic acids is 1. The first-order valence-corrected chi connectivity index (χ1v) is 6.13. The SMILES string of the molecule is CCNCCC(=O)Nc1c(C)cc(Cl)nc1Cl. The predicted molar refractivity (Wildman–Crippen MR) is 70.8 cm³/mol. The minimum Gasteiger partial charge on any atom is -0.323 e. The predicted octanol–water partition coefficient (Wildman–Crippen LogP) is 2.63. The second-order valence-corrected chi connectivity index (χ2v) is 4.32. The van der Waals surface area contributed by atoms with Crippen LogP contribution < -0.4 is 10.6 Å². The van der Waals surface area contributed by atoms with Gasteiger partial charge in [0, 0.05) is 13.0 Å². The van der Waals surface area contributed by atoms with Crippen LogP contribution in [0.2, 0.25) is 10.3 Å². The maximum Gasteiger partial charge on any atom is 0.225 e. The van der Waals surface area contributed by atoms with Crippen molar-refractivity contribution in [3.8, 4) is 0 Å². The van der Waals surface area contributed by atoms with Crippen LogP contribution in [0, 0.1) is 6.92 Å². The summed E-state index contributed by atoms with van der Waals surface area (Å²) < 4.78 is 0. The Labute approximate surface area is 111 Å². The van der Waals surface area contributed by atoms with Gasteiger partial charge < -0.3 is 10.6 Å². The third-order valence-electron chi connectivity index (χ3n) is 2.18. The largest absolute Gasteiger partial charge is 0.323 e. The number of hydrogen-bond acceptors (Lipinski definition) is 3. The molecule has 0 atom stereocenters. The van der Waals surface area contributed by atoms with Crippen molar-refractivity contribution >= 4 is 34.8 Å². The zero-order valence-electron chi connectivity index (χ0n) is 9.81. The molecule has 0 radical (unpaired) electrons. The second kappa shape index (κ2) is 6.79. The smallest absolute Gasteiger partial charge is 0.225 e. The summed E-state index contributed by atoms with van der Waals surface area (Å²) in [7, 11) is 0. The molecule has 0 aliphatic carbocycles. The van der Waals surface area contributed by atoms with Gasteiger partial charge in [-0.2, -0.15) is 0 Å². The Bertz CT molecular complexity index is 387. The number of carbonyl (C=O) groups is 1. The van der Waals surface area contributed by atoms with E-state index in [1.807, 2.05) is 13.8 Å². The van der Waals surface area contributed by atoms with Crippen LogP contribution in [-0.4, -0.2) is 24.0 Å². The normalized spacial score (nSPS) is 10.4. The average molecular weight is 276 g/mol. The Morgan fingerprint density at radius 3 is 2.76 bits per heavy atom. The van der Waals surface area contributed by atoms with Crippen LogP contribution in [-0.2, 0) is 4.79 Å². The molecule has 0 aliphatic rings. The fourth-order valence-corrected chi connectivity index (χ4v) is 1.91. The van der Waals surface area contributed by atoms with Crippen LogP contribution in [0.25, 0.3) is 0 Å². The Hall–Kier alpha value is -0.840. The van der Waals surface area contributed by atoms with E-state index in [2.05, 4.69) is 15.6 Å². The topological polar surface area (TPSA) is 54.0 Å². The molecule has 0 aliphatic heterocycles. The van der Waals surface area contributed by atoms with Crippen LogP contribution in [0.1, 0.15) is 18.9 Å². The van der Waals surface area contributed by atoms with Crippen molar-refractivity contribution in [1.29, 1.82) is 0 Å². The third kappa shape index (κ3) is 4.50. The highest BCUT2D eigenvalue weighted by Crippen LogP contribution is 2.26. The molecule has 1 heterocycles. The lowest BCUT2D eigenvalue weighted by Crippen LogP contribution is -2.21. The van der Waals surface area contributed by atoms with Crippen LogP contribution in [0.3, 0.4) is 0 Å². The summed E-state index contributed by atoms with van der Waals surface area (Å²) >= 11 is 11.7. The number of aryl methyl sites for hydroxylation is 1. The molecule has 94 valence electrons. The molecule has 0 fully saturated rings. The zero-order chi connectivity index (χ0) is 12.8. The summed E-state index contributed by atoms with van der Waals surface area (Å²) in [6.07, 6.45) is 0.395. The van der Waals surface area contributed by atoms with Crippen LogP contribution >= 0.6 is 23.2 Å². The molecule has 1 aromatic heterocycles. The molecule has 0 unspecified atom stereocenters. The first-order chi connectivity index (χ1) is 8.04. The number of nitrogens with one attached hydrogen (secondary N) is 2. The summed E-state index contributed by atoms with van der Waals surface area (Å²) in [5.41, 5.74) is 1.32. The number of hydrogen-bond donors (Lipinski definition) is 2. The number of pyridine rings is 1. The molecule has 2 N–H and O–H groups in total. The van der Waals surface area contributed by atoms with Gasteiger partial charge in [0.25, 0.3) is 0 Å². The van der Waals surface area contributed by atoms with E-state index in [-0.39, 0.29) is 11.1 Å². The van der Waals surface area contributed by atoms with E-state index in [0.29, 0.717) is 23.8 Å². The van der Waals surface area contributed by atoms with E-state index in [1.165, 1.54) is 0 Å². The summed E-state index contributed by atoms with van der Waals surface area (Å²) in [5.74, 6) is -0.0972. The van der Waals surface area contributed by atoms with Crippen molar-refractivity contribution in [2.45, 2.75) is 20.3 Å². The summed E-state index contributed by atoms with van der Waals surface area (Å²) in [6.45, 7) is 5.29. The van der Waals surface area contributed by atoms with Gasteiger partial charge in [-0.25, -0.2) is 4.98 Å². The molecule has 0 saturated heterocycles. The first kappa shape index (κ1) is 14.2. The maximum absolute atomic E-state index is 11.6. The number of anilines is 1. The highest BCUT2D eigenvalue weighted by atomic mass is 35.5. The lowest BCUT2D eigenvalue weighted by molar-refractivity contribution is -0.116. The highest BCUT2D eigenvalue weighted by Gasteiger charge is 2.10. The number of nitrogens with zero attached hydrogens (tertiary/aromatic N) is 1. The van der Waals surface area contributed by atoms with Crippen molar-refractivity contribution in [2.75, 3.05) is 18.4 Å². The van der Waals surface area contributed by atoms with Crippen molar-refractivity contribution in [3.63, 3.8) is 0 Å². The van der Waals surface area contributed by atoms with E-state index in [9.17, 15) is 4.79 Å². The molecule has 1 amide bonds. The Kier molecular flexibility index (Phi) is 5.68. The van der Waals surface area contributed by atoms with Crippen LogP contribution in [0.4, 0.5) is 5.69 Å². The van der Waals surface area contributed by atoms with E-state index < -0.39 is 0 Å². The van der Waals surface area contributed by atoms with Crippen molar-refractivity contribution < 1.29 is 4.79 Å². The van der Waals surface area contributed by atoms with Gasteiger partial charge in [0.2, 0.25) is 5.91 Å². The second-order valence-electron chi connectivity index (χ2n) is 3.58. The van der Waals surface area contributed by atoms with Gasteiger partial charge in [-0.1, -0.05) is 30.1 Å². The highest BCUT2D eigenvalue weighted by molar-refractivity contribution is 6.34. The zero-order valence-corrected chi connectivity index (χ0v) is 11.3. The van der Waals surface area contributed by atoms with E-state index in [1.54, 1.807) is 6.07 Å². The average Bonchev–Trinajstić information content (AvgIpc) is 2.24. The quantitative estimate of drug-likeness (QED) is 0.642. The van der Waals surface area contributed by atoms with Gasteiger partial charge in [0.05, 0.1) is 5.69 Å². The lowest BCUT2D eigenvalue weighted by Gasteiger charge is -2.10. The summed E-state index contributed by atoms with van der Waals surface area (Å²) in [5, 5.41) is 6.34. The van der Waals surface area contributed by atoms with Gasteiger partial charge in [-0.05, 0) is 25.1 Å². The molecule has 0 spiro atoms. The number of halogens is 2. The van der Waals surface area contributed by atoms with Crippen molar-refractivity contribution in [1.82, 2.24) is 10.3 Å². The number of aromatic nitrogens is 1. The minimum absolute atomic E-state index is 0.0972. The molecule has 1 aromatic rings. The van der Waals surface area contributed by atoms with Gasteiger partial charge in [-0.15, -0.1) is 0 Å². The number of rotatable bonds is 5. The van der Waals surface area contributed by atoms with Crippen LogP contribution in [0.5, 0.6) is 0 Å². The Balaban J connectivity index is 2.65. The fourth-order valence-electron chi connectivity index (χ4n) is 1.33. The standard InChI is InChI=1S/C11H15Cl2N3O/c1-3-14-5-4-9(17)16-10-7(2)6-8(12)15-11(10)13/h6,14H,3-5H2,1-2H3,(H,16,17). The van der Waals surface area contributed by atoms with Gasteiger partial charge in [0.15, 0.2) is 5.15 Å². The van der Waals surface area contributed by atoms with Crippen molar-refractivity contribution in [2.24, 2.45) is 0 Å². The molecule has 6 heteroatoms. The summed E-state index contributed by atoms with van der Waals surface area (Å²) in [6, 6.07) is 1.66. The van der Waals surface area contributed by atoms with Gasteiger partial charge in [-0.3, -0.25) is 4.79 Å².